The van der Waals surface area contributed by atoms with Gasteiger partial charge < -0.3 is 9.47 Å². The van der Waals surface area contributed by atoms with Gasteiger partial charge in [0.25, 0.3) is 0 Å². The van der Waals surface area contributed by atoms with E-state index in [4.69, 9.17) is 9.47 Å². The van der Waals surface area contributed by atoms with E-state index in [-0.39, 0.29) is 22.3 Å². The van der Waals surface area contributed by atoms with Crippen molar-refractivity contribution in [2.75, 3.05) is 14.2 Å². The number of halogens is 3. The number of hydrogen-bond acceptors (Lipinski definition) is 7. The number of pyridine rings is 1. The Hall–Kier alpha value is -3.18. The summed E-state index contributed by atoms with van der Waals surface area (Å²) < 4.78 is 75.7. The van der Waals surface area contributed by atoms with E-state index in [1.54, 1.807) is 17.5 Å². The van der Waals surface area contributed by atoms with E-state index in [1.807, 2.05) is 0 Å². The lowest BCUT2D eigenvalue weighted by molar-refractivity contribution is -0.137. The fraction of sp³-hybridized carbons (Fsp3) is 0.182. The van der Waals surface area contributed by atoms with E-state index in [9.17, 15) is 21.6 Å². The average molecular weight is 495 g/mol. The molecular weight excluding hydrogens is 477 g/mol. The lowest BCUT2D eigenvalue weighted by Gasteiger charge is -2.15. The van der Waals surface area contributed by atoms with Gasteiger partial charge >= 0.3 is 6.18 Å². The quantitative estimate of drug-likeness (QED) is 0.359. The summed E-state index contributed by atoms with van der Waals surface area (Å²) in [5, 5.41) is 3.20. The first-order valence-electron chi connectivity index (χ1n) is 9.48. The van der Waals surface area contributed by atoms with Crippen LogP contribution in [-0.2, 0) is 21.8 Å². The van der Waals surface area contributed by atoms with E-state index >= 15 is 0 Å². The summed E-state index contributed by atoms with van der Waals surface area (Å²) in [5.74, 6) is -0.0842. The second kappa shape index (κ2) is 8.64. The van der Waals surface area contributed by atoms with Crippen molar-refractivity contribution in [3.05, 3.63) is 64.6 Å². The van der Waals surface area contributed by atoms with Gasteiger partial charge in [0, 0.05) is 28.6 Å². The number of methoxy groups -OCH3 is 2. The largest absolute Gasteiger partial charge is 0.496 e. The van der Waals surface area contributed by atoms with Crippen LogP contribution in [0.5, 0.6) is 11.6 Å². The summed E-state index contributed by atoms with van der Waals surface area (Å²) in [6, 6.07) is 9.19. The van der Waals surface area contributed by atoms with Crippen LogP contribution >= 0.6 is 11.3 Å². The van der Waals surface area contributed by atoms with Crippen LogP contribution in [0, 0.1) is 0 Å². The fourth-order valence-corrected chi connectivity index (χ4v) is 5.63. The van der Waals surface area contributed by atoms with Crippen LogP contribution in [0.4, 0.5) is 13.2 Å². The first-order valence-corrected chi connectivity index (χ1v) is 12.0. The van der Waals surface area contributed by atoms with Crippen LogP contribution < -0.4 is 9.47 Å². The Morgan fingerprint density at radius 1 is 1.03 bits per heavy atom. The van der Waals surface area contributed by atoms with Crippen molar-refractivity contribution in [1.82, 2.24) is 9.97 Å². The van der Waals surface area contributed by atoms with Gasteiger partial charge in [-0.05, 0) is 35.7 Å². The molecule has 0 aliphatic heterocycles. The van der Waals surface area contributed by atoms with E-state index in [1.165, 1.54) is 50.0 Å². The van der Waals surface area contributed by atoms with Crippen LogP contribution in [0.15, 0.2) is 58.9 Å². The zero-order valence-corrected chi connectivity index (χ0v) is 19.0. The number of ether oxygens (including phenoxy) is 2. The molecule has 4 aromatic rings. The summed E-state index contributed by atoms with van der Waals surface area (Å²) in [5.41, 5.74) is -0.238. The first-order chi connectivity index (χ1) is 15.6. The monoisotopic (exact) mass is 494 g/mol. The lowest BCUT2D eigenvalue weighted by atomic mass is 10.0. The van der Waals surface area contributed by atoms with Gasteiger partial charge in [-0.25, -0.2) is 18.4 Å². The van der Waals surface area contributed by atoms with Gasteiger partial charge in [0.2, 0.25) is 5.88 Å². The van der Waals surface area contributed by atoms with E-state index in [0.717, 1.165) is 12.1 Å². The lowest BCUT2D eigenvalue weighted by Crippen LogP contribution is -2.06. The van der Waals surface area contributed by atoms with Crippen LogP contribution in [-0.4, -0.2) is 32.6 Å². The van der Waals surface area contributed by atoms with Crippen LogP contribution in [0.25, 0.3) is 22.0 Å². The molecule has 0 aliphatic carbocycles. The topological polar surface area (TPSA) is 78.4 Å². The molecule has 0 amide bonds. The van der Waals surface area contributed by atoms with Crippen LogP contribution in [0.2, 0.25) is 0 Å². The molecule has 0 saturated heterocycles. The van der Waals surface area contributed by atoms with Crippen molar-refractivity contribution >= 4 is 31.9 Å². The highest BCUT2D eigenvalue weighted by atomic mass is 32.2. The maximum Gasteiger partial charge on any atom is 0.416 e. The Balaban J connectivity index is 1.87. The minimum absolute atomic E-state index is 0.0210. The molecule has 0 saturated carbocycles. The number of alkyl halides is 3. The third kappa shape index (κ3) is 4.64. The highest BCUT2D eigenvalue weighted by Crippen LogP contribution is 2.40. The number of fused-ring (bicyclic) bond motifs is 1. The molecule has 11 heteroatoms. The Morgan fingerprint density at radius 3 is 2.45 bits per heavy atom. The molecule has 172 valence electrons. The van der Waals surface area contributed by atoms with Crippen LogP contribution in [0.3, 0.4) is 0 Å². The Bertz CT molecular complexity index is 1420. The molecule has 2 aromatic carbocycles. The average Bonchev–Trinajstić information content (AvgIpc) is 3.29. The summed E-state index contributed by atoms with van der Waals surface area (Å²) in [7, 11) is -1.01. The summed E-state index contributed by atoms with van der Waals surface area (Å²) in [6.45, 7) is 0. The molecule has 0 aliphatic rings. The molecule has 4 rings (SSSR count). The van der Waals surface area contributed by atoms with Crippen molar-refractivity contribution in [2.45, 2.75) is 16.8 Å². The van der Waals surface area contributed by atoms with Gasteiger partial charge in [-0.1, -0.05) is 6.07 Å². The van der Waals surface area contributed by atoms with E-state index in [2.05, 4.69) is 9.97 Å². The Kier molecular flexibility index (Phi) is 6.02. The second-order valence-corrected chi connectivity index (χ2v) is 9.96. The minimum Gasteiger partial charge on any atom is -0.496 e. The van der Waals surface area contributed by atoms with Gasteiger partial charge in [0.1, 0.15) is 16.5 Å². The first kappa shape index (κ1) is 23.0. The van der Waals surface area contributed by atoms with Crippen molar-refractivity contribution < 1.29 is 31.1 Å². The molecule has 33 heavy (non-hydrogen) atoms. The second-order valence-electron chi connectivity index (χ2n) is 6.99. The van der Waals surface area contributed by atoms with Crippen molar-refractivity contribution in [1.29, 1.82) is 0 Å². The molecular formula is C22H17F3N2O4S2. The highest BCUT2D eigenvalue weighted by molar-refractivity contribution is 7.90. The number of aromatic nitrogens is 2. The normalized spacial score (nSPS) is 12.2. The molecule has 0 spiro atoms. The predicted octanol–water partition coefficient (Wildman–Crippen LogP) is 5.37. The maximum absolute atomic E-state index is 13.1. The molecule has 0 fully saturated rings. The summed E-state index contributed by atoms with van der Waals surface area (Å²) in [4.78, 5) is 8.52. The molecule has 0 unspecified atom stereocenters. The molecule has 2 aromatic heterocycles. The molecule has 0 radical (unpaired) electrons. The molecule has 0 bridgehead atoms. The van der Waals surface area contributed by atoms with Gasteiger partial charge in [0.15, 0.2) is 9.84 Å². The number of thiazole rings is 1. The van der Waals surface area contributed by atoms with Crippen molar-refractivity contribution in [3.8, 4) is 22.9 Å². The van der Waals surface area contributed by atoms with Crippen LogP contribution in [0.1, 0.15) is 10.6 Å². The van der Waals surface area contributed by atoms with Crippen molar-refractivity contribution in [3.63, 3.8) is 0 Å². The van der Waals surface area contributed by atoms with E-state index in [0.29, 0.717) is 27.0 Å². The summed E-state index contributed by atoms with van der Waals surface area (Å²) in [6.07, 6.45) is -2.99. The minimum atomic E-state index is -4.53. The SMILES string of the molecule is COc1cc2cc(S(=O)(=O)Cc3nccs3)ccc2c(-c2ccc(C(F)(F)F)cc2OC)n1. The molecule has 0 atom stereocenters. The molecule has 0 N–H and O–H groups in total. The van der Waals surface area contributed by atoms with Crippen molar-refractivity contribution in [2.24, 2.45) is 0 Å². The Morgan fingerprint density at radius 2 is 1.82 bits per heavy atom. The maximum atomic E-state index is 13.1. The van der Waals surface area contributed by atoms with Gasteiger partial charge in [0.05, 0.1) is 30.4 Å². The van der Waals surface area contributed by atoms with E-state index < -0.39 is 21.6 Å². The zero-order valence-electron chi connectivity index (χ0n) is 17.4. The number of nitrogens with zero attached hydrogens (tertiary/aromatic N) is 2. The fourth-order valence-electron chi connectivity index (χ4n) is 3.35. The van der Waals surface area contributed by atoms with Gasteiger partial charge in [-0.3, -0.25) is 0 Å². The Labute approximate surface area is 191 Å². The predicted molar refractivity (Wildman–Crippen MR) is 118 cm³/mol. The smallest absolute Gasteiger partial charge is 0.416 e. The number of hydrogen-bond donors (Lipinski definition) is 0. The number of sulfone groups is 1. The molecule has 2 heterocycles. The number of benzene rings is 2. The third-order valence-electron chi connectivity index (χ3n) is 4.93. The van der Waals surface area contributed by atoms with Gasteiger partial charge in [-0.15, -0.1) is 11.3 Å². The standard InChI is InChI=1S/C22H17F3N2O4S2/c1-30-18-11-14(22(23,24)25)3-5-17(18)21-16-6-4-15(9-13(16)10-19(27-21)31-2)33(28,29)12-20-26-7-8-32-20/h3-11H,12H2,1-2H3. The third-order valence-corrected chi connectivity index (χ3v) is 7.52. The summed E-state index contributed by atoms with van der Waals surface area (Å²) >= 11 is 1.25. The molecule has 6 nitrogen and oxygen atoms in total. The zero-order chi connectivity index (χ0) is 23.8. The van der Waals surface area contributed by atoms with Gasteiger partial charge in [-0.2, -0.15) is 13.2 Å². The number of rotatable bonds is 6. The highest BCUT2D eigenvalue weighted by Gasteiger charge is 2.31.